The fourth-order valence-electron chi connectivity index (χ4n) is 4.93. The second-order valence-electron chi connectivity index (χ2n) is 9.45. The standard InChI is InChI=1S/C27H25N9O3/c28-23-19(3-1-12-29-23)24-32-20-9-11-22(35-14-2-13-31-35)34-25(20)36(24)18-8-10-21(30-15-18)33-26(37)16-4-6-17(7-5-16)27(38)39/h1-3,8-17H,4-7H2,(H2,28,29)(H,38,39)(H,30,33,37). The lowest BCUT2D eigenvalue weighted by molar-refractivity contribution is -0.143. The van der Waals surface area contributed by atoms with Gasteiger partial charge in [0.15, 0.2) is 17.3 Å². The van der Waals surface area contributed by atoms with Gasteiger partial charge in [-0.1, -0.05) is 0 Å². The van der Waals surface area contributed by atoms with Crippen molar-refractivity contribution in [1.82, 2.24) is 34.3 Å². The largest absolute Gasteiger partial charge is 0.481 e. The fraction of sp³-hybridized carbons (Fsp3) is 0.222. The number of carbonyl (C=O) groups is 2. The van der Waals surface area contributed by atoms with Gasteiger partial charge < -0.3 is 16.2 Å². The first-order chi connectivity index (χ1) is 19.0. The summed E-state index contributed by atoms with van der Waals surface area (Å²) in [6.45, 7) is 0. The van der Waals surface area contributed by atoms with Gasteiger partial charge in [-0.2, -0.15) is 5.10 Å². The number of carbonyl (C=O) groups excluding carboxylic acids is 1. The van der Waals surface area contributed by atoms with Crippen LogP contribution < -0.4 is 11.1 Å². The van der Waals surface area contributed by atoms with Gasteiger partial charge in [0.2, 0.25) is 5.91 Å². The summed E-state index contributed by atoms with van der Waals surface area (Å²) in [4.78, 5) is 42.3. The quantitative estimate of drug-likeness (QED) is 0.302. The number of fused-ring (bicyclic) bond motifs is 1. The first kappa shape index (κ1) is 24.2. The molecule has 5 aromatic rings. The summed E-state index contributed by atoms with van der Waals surface area (Å²) in [5.74, 6) is 0.352. The van der Waals surface area contributed by atoms with Gasteiger partial charge in [-0.15, -0.1) is 0 Å². The number of aliphatic carboxylic acids is 1. The maximum Gasteiger partial charge on any atom is 0.306 e. The maximum absolute atomic E-state index is 12.8. The summed E-state index contributed by atoms with van der Waals surface area (Å²) in [7, 11) is 0. The van der Waals surface area contributed by atoms with Crippen molar-refractivity contribution in [3.8, 4) is 22.9 Å². The summed E-state index contributed by atoms with van der Waals surface area (Å²) in [6, 6.07) is 12.7. The average Bonchev–Trinajstić information content (AvgIpc) is 3.62. The van der Waals surface area contributed by atoms with Crippen LogP contribution in [-0.2, 0) is 9.59 Å². The third-order valence-electron chi connectivity index (χ3n) is 7.01. The van der Waals surface area contributed by atoms with Gasteiger partial charge in [-0.3, -0.25) is 14.2 Å². The number of rotatable bonds is 6. The first-order valence-electron chi connectivity index (χ1n) is 12.6. The van der Waals surface area contributed by atoms with Crippen molar-refractivity contribution in [3.63, 3.8) is 0 Å². The smallest absolute Gasteiger partial charge is 0.306 e. The zero-order valence-corrected chi connectivity index (χ0v) is 20.8. The number of amides is 1. The Morgan fingerprint density at radius 3 is 2.46 bits per heavy atom. The second kappa shape index (κ2) is 9.97. The molecule has 1 amide bonds. The molecule has 0 bridgehead atoms. The lowest BCUT2D eigenvalue weighted by Crippen LogP contribution is -2.29. The molecule has 1 aliphatic rings. The zero-order chi connectivity index (χ0) is 26.9. The second-order valence-corrected chi connectivity index (χ2v) is 9.45. The number of nitrogen functional groups attached to an aromatic ring is 1. The van der Waals surface area contributed by atoms with Crippen LogP contribution in [-0.4, -0.2) is 51.3 Å². The molecule has 0 radical (unpaired) electrons. The fourth-order valence-corrected chi connectivity index (χ4v) is 4.93. The third-order valence-corrected chi connectivity index (χ3v) is 7.01. The average molecular weight is 524 g/mol. The Morgan fingerprint density at radius 2 is 1.77 bits per heavy atom. The number of aromatic nitrogens is 7. The lowest BCUT2D eigenvalue weighted by atomic mass is 9.81. The van der Waals surface area contributed by atoms with Gasteiger partial charge >= 0.3 is 5.97 Å². The molecule has 0 atom stereocenters. The molecule has 1 aliphatic carbocycles. The molecular weight excluding hydrogens is 498 g/mol. The number of pyridine rings is 3. The number of anilines is 2. The molecule has 4 N–H and O–H groups in total. The summed E-state index contributed by atoms with van der Waals surface area (Å²) in [5, 5.41) is 16.4. The number of nitrogens with one attached hydrogen (secondary N) is 1. The molecule has 1 fully saturated rings. The molecule has 0 saturated heterocycles. The van der Waals surface area contributed by atoms with E-state index in [9.17, 15) is 14.7 Å². The van der Waals surface area contributed by atoms with E-state index in [1.165, 1.54) is 0 Å². The predicted octanol–water partition coefficient (Wildman–Crippen LogP) is 3.47. The van der Waals surface area contributed by atoms with E-state index in [4.69, 9.17) is 15.7 Å². The SMILES string of the molecule is Nc1ncccc1-c1nc2ccc(-n3cccn3)nc2n1-c1ccc(NC(=O)C2CCC(C(=O)O)CC2)nc1. The van der Waals surface area contributed by atoms with E-state index >= 15 is 0 Å². The van der Waals surface area contributed by atoms with Gasteiger partial charge in [0.25, 0.3) is 0 Å². The highest BCUT2D eigenvalue weighted by atomic mass is 16.4. The maximum atomic E-state index is 12.8. The van der Waals surface area contributed by atoms with Crippen molar-refractivity contribution in [2.45, 2.75) is 25.7 Å². The first-order valence-corrected chi connectivity index (χ1v) is 12.6. The van der Waals surface area contributed by atoms with Crippen molar-refractivity contribution in [3.05, 3.63) is 67.3 Å². The highest BCUT2D eigenvalue weighted by Gasteiger charge is 2.30. The zero-order valence-electron chi connectivity index (χ0n) is 20.8. The van der Waals surface area contributed by atoms with E-state index in [1.807, 2.05) is 41.1 Å². The van der Waals surface area contributed by atoms with Crippen LogP contribution in [0, 0.1) is 11.8 Å². The predicted molar refractivity (Wildman–Crippen MR) is 143 cm³/mol. The minimum absolute atomic E-state index is 0.151. The molecule has 5 heterocycles. The Balaban J connectivity index is 1.33. The molecule has 39 heavy (non-hydrogen) atoms. The molecule has 5 aromatic heterocycles. The van der Waals surface area contributed by atoms with Crippen LogP contribution in [0.2, 0.25) is 0 Å². The van der Waals surface area contributed by atoms with Crippen molar-refractivity contribution < 1.29 is 14.7 Å². The summed E-state index contributed by atoms with van der Waals surface area (Å²) in [6.07, 6.45) is 8.83. The molecular formula is C27H25N9O3. The molecule has 0 unspecified atom stereocenters. The summed E-state index contributed by atoms with van der Waals surface area (Å²) >= 11 is 0. The molecule has 12 heteroatoms. The van der Waals surface area contributed by atoms with Crippen LogP contribution in [0.4, 0.5) is 11.6 Å². The molecule has 1 saturated carbocycles. The Labute approximate surface area is 222 Å². The van der Waals surface area contributed by atoms with Crippen LogP contribution in [0.3, 0.4) is 0 Å². The topological polar surface area (TPSA) is 167 Å². The van der Waals surface area contributed by atoms with Gasteiger partial charge in [0.1, 0.15) is 17.2 Å². The number of carboxylic acid groups (broad SMARTS) is 1. The minimum atomic E-state index is -0.795. The van der Waals surface area contributed by atoms with Crippen LogP contribution in [0.15, 0.2) is 67.3 Å². The number of hydrogen-bond acceptors (Lipinski definition) is 8. The highest BCUT2D eigenvalue weighted by molar-refractivity contribution is 5.92. The van der Waals surface area contributed by atoms with E-state index in [2.05, 4.69) is 20.4 Å². The molecule has 0 spiro atoms. The van der Waals surface area contributed by atoms with Gasteiger partial charge in [0.05, 0.1) is 23.4 Å². The molecule has 6 rings (SSSR count). The number of imidazole rings is 1. The van der Waals surface area contributed by atoms with Crippen LogP contribution >= 0.6 is 0 Å². The van der Waals surface area contributed by atoms with Crippen LogP contribution in [0.25, 0.3) is 34.1 Å². The normalized spacial score (nSPS) is 17.2. The van der Waals surface area contributed by atoms with Gasteiger partial charge in [-0.05, 0) is 68.1 Å². The highest BCUT2D eigenvalue weighted by Crippen LogP contribution is 2.32. The minimum Gasteiger partial charge on any atom is -0.481 e. The molecule has 0 aliphatic heterocycles. The van der Waals surface area contributed by atoms with Crippen molar-refractivity contribution in [2.75, 3.05) is 11.1 Å². The number of carboxylic acids is 1. The number of hydrogen-bond donors (Lipinski definition) is 3. The Morgan fingerprint density at radius 1 is 0.949 bits per heavy atom. The molecule has 0 aromatic carbocycles. The van der Waals surface area contributed by atoms with Crippen LogP contribution in [0.5, 0.6) is 0 Å². The third kappa shape index (κ3) is 4.67. The van der Waals surface area contributed by atoms with Gasteiger partial charge in [-0.25, -0.2) is 24.6 Å². The Kier molecular flexibility index (Phi) is 6.19. The van der Waals surface area contributed by atoms with Crippen molar-refractivity contribution >= 4 is 34.7 Å². The molecule has 196 valence electrons. The van der Waals surface area contributed by atoms with Crippen molar-refractivity contribution in [1.29, 1.82) is 0 Å². The monoisotopic (exact) mass is 523 g/mol. The van der Waals surface area contributed by atoms with E-state index in [1.54, 1.807) is 35.4 Å². The van der Waals surface area contributed by atoms with E-state index in [0.29, 0.717) is 71.4 Å². The lowest BCUT2D eigenvalue weighted by Gasteiger charge is -2.25. The van der Waals surface area contributed by atoms with Crippen LogP contribution in [0.1, 0.15) is 25.7 Å². The van der Waals surface area contributed by atoms with Crippen molar-refractivity contribution in [2.24, 2.45) is 11.8 Å². The Bertz CT molecular complexity index is 1650. The summed E-state index contributed by atoms with van der Waals surface area (Å²) in [5.41, 5.74) is 8.75. The van der Waals surface area contributed by atoms with E-state index < -0.39 is 5.97 Å². The van der Waals surface area contributed by atoms with E-state index in [0.717, 1.165) is 0 Å². The number of nitrogens with zero attached hydrogens (tertiary/aromatic N) is 7. The number of nitrogens with two attached hydrogens (primary N) is 1. The van der Waals surface area contributed by atoms with Gasteiger partial charge in [0, 0.05) is 24.5 Å². The van der Waals surface area contributed by atoms with E-state index in [-0.39, 0.29) is 17.7 Å². The molecule has 12 nitrogen and oxygen atoms in total. The summed E-state index contributed by atoms with van der Waals surface area (Å²) < 4.78 is 3.51. The Hall–Kier alpha value is -5.13.